The molecule has 2 aliphatic rings. The van der Waals surface area contributed by atoms with Gasteiger partial charge in [0.25, 0.3) is 0 Å². The third-order valence-corrected chi connectivity index (χ3v) is 3.93. The second kappa shape index (κ2) is 4.07. The van der Waals surface area contributed by atoms with Crippen LogP contribution in [0.2, 0.25) is 0 Å². The lowest BCUT2D eigenvalue weighted by Gasteiger charge is -2.30. The van der Waals surface area contributed by atoms with E-state index in [4.69, 9.17) is 5.73 Å². The number of anilines is 1. The lowest BCUT2D eigenvalue weighted by Crippen LogP contribution is -2.51. The van der Waals surface area contributed by atoms with Gasteiger partial charge in [0.2, 0.25) is 5.91 Å². The van der Waals surface area contributed by atoms with E-state index in [1.807, 2.05) is 17.7 Å². The molecule has 3 rings (SSSR count). The highest BCUT2D eigenvalue weighted by Gasteiger charge is 2.44. The van der Waals surface area contributed by atoms with E-state index in [-0.39, 0.29) is 5.91 Å². The van der Waals surface area contributed by atoms with Gasteiger partial charge >= 0.3 is 0 Å². The number of nitrogens with two attached hydrogens (primary N) is 1. The molecule has 0 bridgehead atoms. The minimum atomic E-state index is -0.771. The molecular formula is C12H19N5O. The molecule has 4 N–H and O–H groups in total. The summed E-state index contributed by atoms with van der Waals surface area (Å²) in [5, 5.41) is 10.4. The summed E-state index contributed by atoms with van der Waals surface area (Å²) in [7, 11) is 0. The van der Waals surface area contributed by atoms with E-state index in [1.165, 1.54) is 0 Å². The summed E-state index contributed by atoms with van der Waals surface area (Å²) < 4.78 is 1.86. The van der Waals surface area contributed by atoms with Gasteiger partial charge in [0.15, 0.2) is 0 Å². The molecule has 6 heteroatoms. The van der Waals surface area contributed by atoms with Crippen molar-refractivity contribution in [1.82, 2.24) is 15.1 Å². The van der Waals surface area contributed by atoms with E-state index in [0.29, 0.717) is 12.0 Å². The van der Waals surface area contributed by atoms with Gasteiger partial charge in [-0.15, -0.1) is 0 Å². The largest absolute Gasteiger partial charge is 0.317 e. The Balaban J connectivity index is 1.72. The number of nitrogens with one attached hydrogen (secondary N) is 2. The molecule has 1 saturated carbocycles. The molecule has 2 fully saturated rings. The van der Waals surface area contributed by atoms with Gasteiger partial charge < -0.3 is 16.4 Å². The first-order valence-electron chi connectivity index (χ1n) is 6.43. The highest BCUT2D eigenvalue weighted by atomic mass is 16.2. The number of amides is 1. The third kappa shape index (κ3) is 1.91. The first kappa shape index (κ1) is 11.7. The highest BCUT2D eigenvalue weighted by molar-refractivity contribution is 5.97. The predicted molar refractivity (Wildman–Crippen MR) is 68.1 cm³/mol. The number of hydrogen-bond acceptors (Lipinski definition) is 4. The fraction of sp³-hybridized carbons (Fsp3) is 0.667. The van der Waals surface area contributed by atoms with Crippen LogP contribution in [-0.4, -0.2) is 34.3 Å². The maximum Gasteiger partial charge on any atom is 0.245 e. The number of rotatable bonds is 4. The fourth-order valence-electron chi connectivity index (χ4n) is 2.27. The van der Waals surface area contributed by atoms with Crippen LogP contribution in [-0.2, 0) is 4.79 Å². The van der Waals surface area contributed by atoms with Crippen molar-refractivity contribution in [2.75, 3.05) is 18.4 Å². The summed E-state index contributed by atoms with van der Waals surface area (Å²) in [6.07, 6.45) is 3.80. The molecule has 2 heterocycles. The molecule has 1 atom stereocenters. The van der Waals surface area contributed by atoms with Gasteiger partial charge in [-0.25, -0.2) is 4.68 Å². The predicted octanol–water partition coefficient (Wildman–Crippen LogP) is 0.0933. The monoisotopic (exact) mass is 249 g/mol. The van der Waals surface area contributed by atoms with E-state index >= 15 is 0 Å². The van der Waals surface area contributed by atoms with Gasteiger partial charge in [-0.1, -0.05) is 0 Å². The Kier molecular flexibility index (Phi) is 2.64. The zero-order valence-electron chi connectivity index (χ0n) is 10.5. The van der Waals surface area contributed by atoms with Crippen LogP contribution in [0.5, 0.6) is 0 Å². The summed E-state index contributed by atoms with van der Waals surface area (Å²) >= 11 is 0. The van der Waals surface area contributed by atoms with E-state index in [9.17, 15) is 4.79 Å². The van der Waals surface area contributed by atoms with Crippen LogP contribution in [0.15, 0.2) is 12.3 Å². The Bertz CT molecular complexity index is 459. The number of carbonyl (C=O) groups excluding carboxylic acids is 1. The summed E-state index contributed by atoms with van der Waals surface area (Å²) in [6, 6.07) is 2.15. The van der Waals surface area contributed by atoms with Crippen LogP contribution >= 0.6 is 0 Å². The van der Waals surface area contributed by atoms with Gasteiger partial charge in [0.05, 0.1) is 17.8 Å². The standard InChI is InChI=1S/C12H19N5O/c1-12(13,8-2-3-8)11(18)16-10-4-5-15-17(10)9-6-14-7-9/h4-5,8-9,14H,2-3,6-7,13H2,1H3,(H,16,18). The summed E-state index contributed by atoms with van der Waals surface area (Å²) in [6.45, 7) is 3.60. The van der Waals surface area contributed by atoms with Crippen molar-refractivity contribution in [3.05, 3.63) is 12.3 Å². The number of aromatic nitrogens is 2. The molecule has 1 saturated heterocycles. The maximum absolute atomic E-state index is 12.2. The molecule has 0 aromatic carbocycles. The quantitative estimate of drug-likeness (QED) is 0.706. The van der Waals surface area contributed by atoms with Gasteiger partial charge in [0.1, 0.15) is 5.82 Å². The lowest BCUT2D eigenvalue weighted by molar-refractivity contribution is -0.121. The van der Waals surface area contributed by atoms with Gasteiger partial charge in [-0.2, -0.15) is 5.10 Å². The Morgan fingerprint density at radius 3 is 2.89 bits per heavy atom. The van der Waals surface area contributed by atoms with E-state index in [2.05, 4.69) is 15.7 Å². The lowest BCUT2D eigenvalue weighted by atomic mass is 9.96. The van der Waals surface area contributed by atoms with E-state index in [1.54, 1.807) is 6.20 Å². The van der Waals surface area contributed by atoms with Crippen molar-refractivity contribution < 1.29 is 4.79 Å². The van der Waals surface area contributed by atoms with Crippen LogP contribution in [0.25, 0.3) is 0 Å². The molecule has 0 radical (unpaired) electrons. The smallest absolute Gasteiger partial charge is 0.245 e. The minimum absolute atomic E-state index is 0.112. The Labute approximate surface area is 106 Å². The second-order valence-electron chi connectivity index (χ2n) is 5.48. The molecule has 1 unspecified atom stereocenters. The molecule has 1 aromatic rings. The number of nitrogens with zero attached hydrogens (tertiary/aromatic N) is 2. The van der Waals surface area contributed by atoms with Crippen LogP contribution in [0.4, 0.5) is 5.82 Å². The van der Waals surface area contributed by atoms with Crippen molar-refractivity contribution in [1.29, 1.82) is 0 Å². The van der Waals surface area contributed by atoms with Crippen molar-refractivity contribution in [3.8, 4) is 0 Å². The first-order chi connectivity index (χ1) is 8.59. The van der Waals surface area contributed by atoms with Gasteiger partial charge in [-0.3, -0.25) is 4.79 Å². The first-order valence-corrected chi connectivity index (χ1v) is 6.43. The number of hydrogen-bond donors (Lipinski definition) is 3. The Hall–Kier alpha value is -1.40. The topological polar surface area (TPSA) is 85.0 Å². The molecule has 18 heavy (non-hydrogen) atoms. The molecule has 6 nitrogen and oxygen atoms in total. The van der Waals surface area contributed by atoms with E-state index in [0.717, 1.165) is 31.7 Å². The summed E-state index contributed by atoms with van der Waals surface area (Å²) in [5.41, 5.74) is 5.33. The Morgan fingerprint density at radius 1 is 1.61 bits per heavy atom. The zero-order valence-corrected chi connectivity index (χ0v) is 10.5. The average Bonchev–Trinajstić information content (AvgIpc) is 3.02. The molecule has 1 aromatic heterocycles. The molecule has 1 aliphatic heterocycles. The number of carbonyl (C=O) groups is 1. The van der Waals surface area contributed by atoms with Crippen molar-refractivity contribution in [2.45, 2.75) is 31.3 Å². The van der Waals surface area contributed by atoms with Crippen molar-refractivity contribution >= 4 is 11.7 Å². The SMILES string of the molecule is CC(N)(C(=O)Nc1ccnn1C1CNC1)C1CC1. The molecule has 1 aliphatic carbocycles. The van der Waals surface area contributed by atoms with Crippen LogP contribution < -0.4 is 16.4 Å². The van der Waals surface area contributed by atoms with Gasteiger partial charge in [0, 0.05) is 19.2 Å². The third-order valence-electron chi connectivity index (χ3n) is 3.93. The maximum atomic E-state index is 12.2. The molecule has 1 amide bonds. The highest BCUT2D eigenvalue weighted by Crippen LogP contribution is 2.38. The summed E-state index contributed by atoms with van der Waals surface area (Å²) in [5.74, 6) is 0.946. The van der Waals surface area contributed by atoms with Crippen LogP contribution in [0.1, 0.15) is 25.8 Å². The fourth-order valence-corrected chi connectivity index (χ4v) is 2.27. The van der Waals surface area contributed by atoms with Crippen LogP contribution in [0, 0.1) is 5.92 Å². The molecule has 98 valence electrons. The van der Waals surface area contributed by atoms with E-state index < -0.39 is 5.54 Å². The van der Waals surface area contributed by atoms with Crippen molar-refractivity contribution in [3.63, 3.8) is 0 Å². The molecule has 0 spiro atoms. The van der Waals surface area contributed by atoms with Crippen molar-refractivity contribution in [2.24, 2.45) is 11.7 Å². The van der Waals surface area contributed by atoms with Crippen LogP contribution in [0.3, 0.4) is 0 Å². The molecular weight excluding hydrogens is 230 g/mol. The second-order valence-corrected chi connectivity index (χ2v) is 5.48. The average molecular weight is 249 g/mol. The minimum Gasteiger partial charge on any atom is -0.317 e. The Morgan fingerprint density at radius 2 is 2.33 bits per heavy atom. The normalized spacial score (nSPS) is 23.2. The zero-order chi connectivity index (χ0) is 12.8. The summed E-state index contributed by atoms with van der Waals surface area (Å²) in [4.78, 5) is 12.2. The van der Waals surface area contributed by atoms with Gasteiger partial charge in [-0.05, 0) is 25.7 Å².